The van der Waals surface area contributed by atoms with Crippen LogP contribution < -0.4 is 10.6 Å². The third-order valence-electron chi connectivity index (χ3n) is 2.90. The van der Waals surface area contributed by atoms with Crippen LogP contribution in [0.25, 0.3) is 0 Å². The minimum Gasteiger partial charge on any atom is -0.480 e. The van der Waals surface area contributed by atoms with Crippen molar-refractivity contribution in [1.82, 2.24) is 10.6 Å². The van der Waals surface area contributed by atoms with E-state index in [0.29, 0.717) is 12.3 Å². The Morgan fingerprint density at radius 3 is 2.88 bits per heavy atom. The van der Waals surface area contributed by atoms with Crippen molar-refractivity contribution < 1.29 is 14.7 Å². The summed E-state index contributed by atoms with van der Waals surface area (Å²) in [5.74, 6) is 1.45. The van der Waals surface area contributed by atoms with Gasteiger partial charge < -0.3 is 15.7 Å². The Bertz CT molecular complexity index is 316. The minimum atomic E-state index is -1.08. The van der Waals surface area contributed by atoms with Crippen molar-refractivity contribution in [2.75, 3.05) is 13.1 Å². The zero-order chi connectivity index (χ0) is 12.7. The molecule has 0 aromatic rings. The lowest BCUT2D eigenvalue weighted by atomic mass is 10.0. The SMILES string of the molecule is C#CCC(NC(=O)CCC1CCNC1)C(=O)O. The smallest absolute Gasteiger partial charge is 0.327 e. The van der Waals surface area contributed by atoms with E-state index in [1.54, 1.807) is 0 Å². The molecular formula is C12H18N2O3. The van der Waals surface area contributed by atoms with Crippen LogP contribution in [0.4, 0.5) is 0 Å². The Morgan fingerprint density at radius 1 is 1.59 bits per heavy atom. The molecule has 1 saturated heterocycles. The molecular weight excluding hydrogens is 220 g/mol. The van der Waals surface area contributed by atoms with Crippen molar-refractivity contribution >= 4 is 11.9 Å². The van der Waals surface area contributed by atoms with Gasteiger partial charge in [0.15, 0.2) is 0 Å². The molecule has 0 aromatic carbocycles. The number of carboxylic acids is 1. The second kappa shape index (κ2) is 6.92. The number of terminal acetylenes is 1. The zero-order valence-corrected chi connectivity index (χ0v) is 9.74. The molecule has 2 unspecified atom stereocenters. The minimum absolute atomic E-state index is 0.0199. The number of carbonyl (C=O) groups is 2. The summed E-state index contributed by atoms with van der Waals surface area (Å²) in [5, 5.41) is 14.5. The first-order valence-corrected chi connectivity index (χ1v) is 5.80. The molecule has 5 nitrogen and oxygen atoms in total. The Kier molecular flexibility index (Phi) is 5.50. The molecule has 1 rings (SSSR count). The van der Waals surface area contributed by atoms with E-state index in [-0.39, 0.29) is 12.3 Å². The second-order valence-corrected chi connectivity index (χ2v) is 4.26. The molecule has 0 radical (unpaired) electrons. The molecule has 94 valence electrons. The molecule has 0 bridgehead atoms. The number of hydrogen-bond acceptors (Lipinski definition) is 3. The lowest BCUT2D eigenvalue weighted by Gasteiger charge is -2.13. The standard InChI is InChI=1S/C12H18N2O3/c1-2-3-10(12(16)17)14-11(15)5-4-9-6-7-13-8-9/h1,9-10,13H,3-8H2,(H,14,15)(H,16,17). The van der Waals surface area contributed by atoms with Gasteiger partial charge >= 0.3 is 5.97 Å². The highest BCUT2D eigenvalue weighted by Gasteiger charge is 2.20. The fourth-order valence-corrected chi connectivity index (χ4v) is 1.88. The van der Waals surface area contributed by atoms with E-state index < -0.39 is 12.0 Å². The number of rotatable bonds is 6. The molecule has 0 saturated carbocycles. The largest absolute Gasteiger partial charge is 0.480 e. The Labute approximate surface area is 101 Å². The normalized spacial score (nSPS) is 20.5. The summed E-state index contributed by atoms with van der Waals surface area (Å²) in [6.07, 6.45) is 7.30. The first kappa shape index (κ1) is 13.5. The zero-order valence-electron chi connectivity index (χ0n) is 9.74. The van der Waals surface area contributed by atoms with Crippen LogP contribution in [0.1, 0.15) is 25.7 Å². The molecule has 0 aromatic heterocycles. The molecule has 0 aliphatic carbocycles. The highest BCUT2D eigenvalue weighted by molar-refractivity contribution is 5.83. The summed E-state index contributed by atoms with van der Waals surface area (Å²) >= 11 is 0. The highest BCUT2D eigenvalue weighted by Crippen LogP contribution is 2.14. The summed E-state index contributed by atoms with van der Waals surface area (Å²) < 4.78 is 0. The number of nitrogens with one attached hydrogen (secondary N) is 2. The molecule has 17 heavy (non-hydrogen) atoms. The van der Waals surface area contributed by atoms with E-state index in [9.17, 15) is 9.59 Å². The topological polar surface area (TPSA) is 78.4 Å². The van der Waals surface area contributed by atoms with Gasteiger partial charge in [-0.2, -0.15) is 0 Å². The van der Waals surface area contributed by atoms with Crippen LogP contribution in [0, 0.1) is 18.3 Å². The van der Waals surface area contributed by atoms with Gasteiger partial charge in [-0.25, -0.2) is 4.79 Å². The predicted octanol–water partition coefficient (Wildman–Crippen LogP) is -0.0312. The van der Waals surface area contributed by atoms with E-state index in [0.717, 1.165) is 25.9 Å². The predicted molar refractivity (Wildman–Crippen MR) is 63.2 cm³/mol. The van der Waals surface area contributed by atoms with Crippen molar-refractivity contribution in [2.45, 2.75) is 31.7 Å². The van der Waals surface area contributed by atoms with Crippen LogP contribution in [0.2, 0.25) is 0 Å². The summed E-state index contributed by atoms with van der Waals surface area (Å²) in [6.45, 7) is 1.95. The number of hydrogen-bond donors (Lipinski definition) is 3. The average molecular weight is 238 g/mol. The summed E-state index contributed by atoms with van der Waals surface area (Å²) in [7, 11) is 0. The Balaban J connectivity index is 2.26. The van der Waals surface area contributed by atoms with Crippen molar-refractivity contribution in [2.24, 2.45) is 5.92 Å². The van der Waals surface area contributed by atoms with Crippen molar-refractivity contribution in [3.05, 3.63) is 0 Å². The fourth-order valence-electron chi connectivity index (χ4n) is 1.88. The van der Waals surface area contributed by atoms with E-state index in [2.05, 4.69) is 16.6 Å². The average Bonchev–Trinajstić information content (AvgIpc) is 2.78. The summed E-state index contributed by atoms with van der Waals surface area (Å²) in [5.41, 5.74) is 0. The summed E-state index contributed by atoms with van der Waals surface area (Å²) in [4.78, 5) is 22.3. The first-order valence-electron chi connectivity index (χ1n) is 5.80. The van der Waals surface area contributed by atoms with E-state index in [1.807, 2.05) is 0 Å². The molecule has 1 aliphatic heterocycles. The number of carbonyl (C=O) groups excluding carboxylic acids is 1. The monoisotopic (exact) mass is 238 g/mol. The third kappa shape index (κ3) is 4.87. The maximum absolute atomic E-state index is 11.5. The van der Waals surface area contributed by atoms with Gasteiger partial charge in [-0.15, -0.1) is 12.3 Å². The second-order valence-electron chi connectivity index (χ2n) is 4.26. The third-order valence-corrected chi connectivity index (χ3v) is 2.90. The first-order chi connectivity index (χ1) is 8.13. The number of amides is 1. The molecule has 0 spiro atoms. The van der Waals surface area contributed by atoms with Crippen LogP contribution >= 0.6 is 0 Å². The van der Waals surface area contributed by atoms with Gasteiger partial charge in [0.1, 0.15) is 6.04 Å². The highest BCUT2D eigenvalue weighted by atomic mass is 16.4. The maximum atomic E-state index is 11.5. The molecule has 2 atom stereocenters. The van der Waals surface area contributed by atoms with Gasteiger partial charge in [0, 0.05) is 12.8 Å². The lowest BCUT2D eigenvalue weighted by molar-refractivity contribution is -0.141. The lowest BCUT2D eigenvalue weighted by Crippen LogP contribution is -2.40. The molecule has 1 heterocycles. The van der Waals surface area contributed by atoms with Gasteiger partial charge in [0.2, 0.25) is 5.91 Å². The van der Waals surface area contributed by atoms with Gasteiger partial charge in [0.05, 0.1) is 0 Å². The van der Waals surface area contributed by atoms with Gasteiger partial charge in [-0.05, 0) is 31.8 Å². The van der Waals surface area contributed by atoms with E-state index in [1.165, 1.54) is 0 Å². The quantitative estimate of drug-likeness (QED) is 0.568. The van der Waals surface area contributed by atoms with Gasteiger partial charge in [-0.3, -0.25) is 4.79 Å². The van der Waals surface area contributed by atoms with Crippen LogP contribution in [-0.2, 0) is 9.59 Å². The molecule has 1 amide bonds. The van der Waals surface area contributed by atoms with E-state index >= 15 is 0 Å². The molecule has 3 N–H and O–H groups in total. The van der Waals surface area contributed by atoms with Crippen molar-refractivity contribution in [3.8, 4) is 12.3 Å². The van der Waals surface area contributed by atoms with Crippen molar-refractivity contribution in [3.63, 3.8) is 0 Å². The Morgan fingerprint density at radius 2 is 2.35 bits per heavy atom. The van der Waals surface area contributed by atoms with Crippen LogP contribution in [-0.4, -0.2) is 36.1 Å². The van der Waals surface area contributed by atoms with Crippen LogP contribution in [0.15, 0.2) is 0 Å². The van der Waals surface area contributed by atoms with Crippen LogP contribution in [0.5, 0.6) is 0 Å². The Hall–Kier alpha value is -1.54. The summed E-state index contributed by atoms with van der Waals surface area (Å²) in [6, 6.07) is -0.964. The van der Waals surface area contributed by atoms with Crippen molar-refractivity contribution in [1.29, 1.82) is 0 Å². The van der Waals surface area contributed by atoms with E-state index in [4.69, 9.17) is 11.5 Å². The molecule has 1 aliphatic rings. The van der Waals surface area contributed by atoms with Crippen LogP contribution in [0.3, 0.4) is 0 Å². The number of aliphatic carboxylic acids is 1. The maximum Gasteiger partial charge on any atom is 0.327 e. The fraction of sp³-hybridized carbons (Fsp3) is 0.667. The molecule has 5 heteroatoms. The van der Waals surface area contributed by atoms with Gasteiger partial charge in [-0.1, -0.05) is 0 Å². The molecule has 1 fully saturated rings. The van der Waals surface area contributed by atoms with Gasteiger partial charge in [0.25, 0.3) is 0 Å². The number of carboxylic acid groups (broad SMARTS) is 1.